The second-order valence-electron chi connectivity index (χ2n) is 6.75. The van der Waals surface area contributed by atoms with Crippen LogP contribution in [-0.2, 0) is 13.6 Å². The second-order valence-corrected chi connectivity index (χ2v) is 6.75. The van der Waals surface area contributed by atoms with E-state index in [2.05, 4.69) is 15.4 Å². The van der Waals surface area contributed by atoms with Crippen molar-refractivity contribution in [2.24, 2.45) is 7.05 Å². The molecule has 146 valence electrons. The zero-order valence-corrected chi connectivity index (χ0v) is 15.9. The quantitative estimate of drug-likeness (QED) is 0.550. The molecule has 2 aromatic heterocycles. The molecule has 0 spiro atoms. The van der Waals surface area contributed by atoms with Crippen LogP contribution in [-0.4, -0.2) is 25.2 Å². The highest BCUT2D eigenvalue weighted by Gasteiger charge is 2.21. The van der Waals surface area contributed by atoms with Gasteiger partial charge in [0.2, 0.25) is 0 Å². The Balaban J connectivity index is 1.55. The van der Waals surface area contributed by atoms with Gasteiger partial charge in [0.15, 0.2) is 0 Å². The molecule has 1 unspecified atom stereocenters. The van der Waals surface area contributed by atoms with E-state index in [1.807, 2.05) is 46.9 Å². The first-order valence-corrected chi connectivity index (χ1v) is 9.20. The minimum atomic E-state index is -0.494. The molecular weight excluding hydrogens is 369 g/mol. The number of amides is 1. The van der Waals surface area contributed by atoms with Crippen molar-refractivity contribution in [2.45, 2.75) is 12.6 Å². The van der Waals surface area contributed by atoms with Crippen LogP contribution in [0.5, 0.6) is 0 Å². The van der Waals surface area contributed by atoms with E-state index in [0.717, 1.165) is 11.1 Å². The molecular formula is C22H20FN5O. The van der Waals surface area contributed by atoms with Crippen LogP contribution in [0.25, 0.3) is 0 Å². The SMILES string of the molecule is Cn1ccnc1C(NC(=O)c1ccc(Cn2cccn2)cc1)c1ccc(F)cc1. The Morgan fingerprint density at radius 1 is 1.07 bits per heavy atom. The second kappa shape index (κ2) is 8.10. The molecule has 2 aromatic carbocycles. The predicted molar refractivity (Wildman–Crippen MR) is 107 cm³/mol. The number of aromatic nitrogens is 4. The van der Waals surface area contributed by atoms with Crippen LogP contribution in [0.15, 0.2) is 79.4 Å². The predicted octanol–water partition coefficient (Wildman–Crippen LogP) is 3.32. The van der Waals surface area contributed by atoms with Gasteiger partial charge in [0.05, 0.1) is 6.54 Å². The van der Waals surface area contributed by atoms with E-state index in [1.165, 1.54) is 12.1 Å². The summed E-state index contributed by atoms with van der Waals surface area (Å²) in [5.74, 6) is 0.111. The molecule has 2 heterocycles. The fourth-order valence-corrected chi connectivity index (χ4v) is 3.16. The number of benzene rings is 2. The summed E-state index contributed by atoms with van der Waals surface area (Å²) in [5, 5.41) is 7.20. The maximum absolute atomic E-state index is 13.4. The van der Waals surface area contributed by atoms with Gasteiger partial charge in [-0.2, -0.15) is 5.10 Å². The van der Waals surface area contributed by atoms with Crippen LogP contribution in [0.2, 0.25) is 0 Å². The van der Waals surface area contributed by atoms with Crippen LogP contribution < -0.4 is 5.32 Å². The molecule has 0 bridgehead atoms. The molecule has 4 aromatic rings. The number of carbonyl (C=O) groups excluding carboxylic acids is 1. The average molecular weight is 389 g/mol. The number of carbonyl (C=O) groups is 1. The lowest BCUT2D eigenvalue weighted by Gasteiger charge is -2.19. The Morgan fingerprint density at radius 2 is 1.83 bits per heavy atom. The van der Waals surface area contributed by atoms with Crippen molar-refractivity contribution in [3.63, 3.8) is 0 Å². The van der Waals surface area contributed by atoms with Crippen molar-refractivity contribution in [2.75, 3.05) is 0 Å². The lowest BCUT2D eigenvalue weighted by molar-refractivity contribution is 0.0941. The molecule has 7 heteroatoms. The molecule has 6 nitrogen and oxygen atoms in total. The maximum Gasteiger partial charge on any atom is 0.252 e. The van der Waals surface area contributed by atoms with Crippen LogP contribution >= 0.6 is 0 Å². The minimum Gasteiger partial charge on any atom is -0.338 e. The standard InChI is InChI=1S/C22H20FN5O/c1-27-14-12-24-21(27)20(17-7-9-19(23)10-8-17)26-22(29)18-5-3-16(4-6-18)15-28-13-2-11-25-28/h2-14,20H,15H2,1H3,(H,26,29). The molecule has 0 radical (unpaired) electrons. The molecule has 1 amide bonds. The molecule has 1 N–H and O–H groups in total. The first kappa shape index (κ1) is 18.6. The number of nitrogens with one attached hydrogen (secondary N) is 1. The highest BCUT2D eigenvalue weighted by molar-refractivity contribution is 5.94. The topological polar surface area (TPSA) is 64.7 Å². The van der Waals surface area contributed by atoms with Gasteiger partial charge in [0, 0.05) is 37.4 Å². The first-order chi connectivity index (χ1) is 14.1. The van der Waals surface area contributed by atoms with Gasteiger partial charge in [-0.1, -0.05) is 24.3 Å². The minimum absolute atomic E-state index is 0.229. The lowest BCUT2D eigenvalue weighted by Crippen LogP contribution is -2.31. The summed E-state index contributed by atoms with van der Waals surface area (Å²) in [6, 6.07) is 14.8. The Labute approximate surface area is 167 Å². The van der Waals surface area contributed by atoms with Crippen molar-refractivity contribution in [3.8, 4) is 0 Å². The number of nitrogens with zero attached hydrogens (tertiary/aromatic N) is 4. The summed E-state index contributed by atoms with van der Waals surface area (Å²) in [6.45, 7) is 0.639. The summed E-state index contributed by atoms with van der Waals surface area (Å²) in [4.78, 5) is 17.3. The number of imidazole rings is 1. The number of hydrogen-bond donors (Lipinski definition) is 1. The number of halogens is 1. The zero-order chi connectivity index (χ0) is 20.2. The molecule has 4 rings (SSSR count). The third kappa shape index (κ3) is 4.24. The van der Waals surface area contributed by atoms with Gasteiger partial charge < -0.3 is 9.88 Å². The van der Waals surface area contributed by atoms with Crippen molar-refractivity contribution < 1.29 is 9.18 Å². The van der Waals surface area contributed by atoms with Crippen molar-refractivity contribution in [1.82, 2.24) is 24.6 Å². The van der Waals surface area contributed by atoms with E-state index in [4.69, 9.17) is 0 Å². The summed E-state index contributed by atoms with van der Waals surface area (Å²) in [7, 11) is 1.86. The van der Waals surface area contributed by atoms with Gasteiger partial charge in [-0.25, -0.2) is 9.37 Å². The average Bonchev–Trinajstić information content (AvgIpc) is 3.39. The Bertz CT molecular complexity index is 1090. The van der Waals surface area contributed by atoms with Gasteiger partial charge >= 0.3 is 0 Å². The summed E-state index contributed by atoms with van der Waals surface area (Å²) < 4.78 is 17.0. The summed E-state index contributed by atoms with van der Waals surface area (Å²) in [6.07, 6.45) is 7.10. The van der Waals surface area contributed by atoms with Crippen LogP contribution in [0.3, 0.4) is 0 Å². The fraction of sp³-hybridized carbons (Fsp3) is 0.136. The third-order valence-corrected chi connectivity index (χ3v) is 4.72. The summed E-state index contributed by atoms with van der Waals surface area (Å²) >= 11 is 0. The van der Waals surface area contributed by atoms with Gasteiger partial charge in [-0.05, 0) is 41.5 Å². The smallest absolute Gasteiger partial charge is 0.252 e. The molecule has 0 saturated heterocycles. The molecule has 0 saturated carbocycles. The third-order valence-electron chi connectivity index (χ3n) is 4.72. The molecule has 0 fully saturated rings. The van der Waals surface area contributed by atoms with Crippen LogP contribution in [0.4, 0.5) is 4.39 Å². The van der Waals surface area contributed by atoms with Crippen molar-refractivity contribution >= 4 is 5.91 Å². The number of aryl methyl sites for hydroxylation is 1. The van der Waals surface area contributed by atoms with E-state index in [-0.39, 0.29) is 11.7 Å². The summed E-state index contributed by atoms with van der Waals surface area (Å²) in [5.41, 5.74) is 2.34. The highest BCUT2D eigenvalue weighted by atomic mass is 19.1. The molecule has 1 atom stereocenters. The van der Waals surface area contributed by atoms with E-state index < -0.39 is 6.04 Å². The highest BCUT2D eigenvalue weighted by Crippen LogP contribution is 2.21. The molecule has 0 aliphatic heterocycles. The van der Waals surface area contributed by atoms with E-state index in [0.29, 0.717) is 17.9 Å². The Kier molecular flexibility index (Phi) is 5.20. The van der Waals surface area contributed by atoms with E-state index >= 15 is 0 Å². The first-order valence-electron chi connectivity index (χ1n) is 9.20. The largest absolute Gasteiger partial charge is 0.338 e. The van der Waals surface area contributed by atoms with Crippen molar-refractivity contribution in [1.29, 1.82) is 0 Å². The fourth-order valence-electron chi connectivity index (χ4n) is 3.16. The number of rotatable bonds is 6. The van der Waals surface area contributed by atoms with Gasteiger partial charge in [0.25, 0.3) is 5.91 Å². The normalized spacial score (nSPS) is 11.9. The monoisotopic (exact) mass is 389 g/mol. The molecule has 0 aliphatic rings. The lowest BCUT2D eigenvalue weighted by atomic mass is 10.0. The van der Waals surface area contributed by atoms with Gasteiger partial charge in [-0.3, -0.25) is 9.48 Å². The maximum atomic E-state index is 13.4. The van der Waals surface area contributed by atoms with Crippen molar-refractivity contribution in [3.05, 3.63) is 108 Å². The Hall–Kier alpha value is -3.74. The Morgan fingerprint density at radius 3 is 2.45 bits per heavy atom. The molecule has 0 aliphatic carbocycles. The molecule has 29 heavy (non-hydrogen) atoms. The number of hydrogen-bond acceptors (Lipinski definition) is 3. The van der Waals surface area contributed by atoms with Crippen LogP contribution in [0.1, 0.15) is 33.4 Å². The van der Waals surface area contributed by atoms with Gasteiger partial charge in [-0.15, -0.1) is 0 Å². The van der Waals surface area contributed by atoms with E-state index in [1.54, 1.807) is 36.7 Å². The van der Waals surface area contributed by atoms with Gasteiger partial charge in [0.1, 0.15) is 17.7 Å². The van der Waals surface area contributed by atoms with E-state index in [9.17, 15) is 9.18 Å². The van der Waals surface area contributed by atoms with Crippen LogP contribution in [0, 0.1) is 5.82 Å². The zero-order valence-electron chi connectivity index (χ0n) is 15.9.